The number of rotatable bonds is 11. The highest BCUT2D eigenvalue weighted by atomic mass is 16.4. The van der Waals surface area contributed by atoms with Crippen molar-refractivity contribution in [3.8, 4) is 0 Å². The lowest BCUT2D eigenvalue weighted by molar-refractivity contribution is -0.137. The van der Waals surface area contributed by atoms with Crippen LogP contribution in [-0.4, -0.2) is 28.1 Å². The van der Waals surface area contributed by atoms with Gasteiger partial charge in [-0.15, -0.1) is 0 Å². The van der Waals surface area contributed by atoms with Crippen molar-refractivity contribution in [3.63, 3.8) is 0 Å². The van der Waals surface area contributed by atoms with Crippen LogP contribution in [-0.2, 0) is 9.59 Å². The maximum Gasteiger partial charge on any atom is 0.303 e. The SMILES string of the molecule is CC/C=C\C[C@H](O)/C=C/C1C=CC(=O)[C@@H]1C/C=C\CCCC(=O)O. The molecule has 1 aliphatic carbocycles. The van der Waals surface area contributed by atoms with Gasteiger partial charge in [-0.1, -0.05) is 49.5 Å². The first-order valence-electron chi connectivity index (χ1n) is 8.64. The average molecular weight is 332 g/mol. The molecule has 1 unspecified atom stereocenters. The van der Waals surface area contributed by atoms with Crippen molar-refractivity contribution < 1.29 is 19.8 Å². The van der Waals surface area contributed by atoms with E-state index in [1.807, 2.05) is 43.4 Å². The second-order valence-corrected chi connectivity index (χ2v) is 6.01. The number of unbranched alkanes of at least 4 members (excludes halogenated alkanes) is 1. The van der Waals surface area contributed by atoms with E-state index in [0.717, 1.165) is 6.42 Å². The Hall–Kier alpha value is -1.94. The zero-order valence-electron chi connectivity index (χ0n) is 14.3. The van der Waals surface area contributed by atoms with Crippen molar-refractivity contribution in [2.75, 3.05) is 0 Å². The van der Waals surface area contributed by atoms with E-state index < -0.39 is 12.1 Å². The zero-order valence-corrected chi connectivity index (χ0v) is 14.3. The third-order valence-corrected chi connectivity index (χ3v) is 3.97. The Balaban J connectivity index is 2.42. The van der Waals surface area contributed by atoms with Gasteiger partial charge in [0.05, 0.1) is 6.10 Å². The van der Waals surface area contributed by atoms with Gasteiger partial charge in [0.2, 0.25) is 0 Å². The Kier molecular flexibility index (Phi) is 9.70. The Morgan fingerprint density at radius 1 is 1.29 bits per heavy atom. The minimum absolute atomic E-state index is 0.0194. The van der Waals surface area contributed by atoms with Gasteiger partial charge in [0.1, 0.15) is 0 Å². The van der Waals surface area contributed by atoms with Gasteiger partial charge in [0, 0.05) is 18.3 Å². The second-order valence-electron chi connectivity index (χ2n) is 6.01. The third kappa shape index (κ3) is 8.06. The number of carboxylic acid groups (broad SMARTS) is 1. The molecule has 0 heterocycles. The molecule has 0 radical (unpaired) electrons. The smallest absolute Gasteiger partial charge is 0.303 e. The summed E-state index contributed by atoms with van der Waals surface area (Å²) in [5.41, 5.74) is 0. The molecule has 4 heteroatoms. The predicted molar refractivity (Wildman–Crippen MR) is 95.6 cm³/mol. The lowest BCUT2D eigenvalue weighted by atomic mass is 9.90. The standard InChI is InChI=1S/C20H28O4/c1-2-3-6-9-17(21)14-12-16-13-15-19(22)18(16)10-7-4-5-8-11-20(23)24/h3-4,6-7,12-18,21H,2,5,8-11H2,1H3,(H,23,24)/b6-3-,7-4-,14-12+/t16?,17-,18+/m0/s1. The van der Waals surface area contributed by atoms with Crippen LogP contribution in [0.3, 0.4) is 0 Å². The zero-order chi connectivity index (χ0) is 17.8. The molecule has 0 aromatic rings. The highest BCUT2D eigenvalue weighted by Crippen LogP contribution is 2.27. The van der Waals surface area contributed by atoms with Crippen LogP contribution >= 0.6 is 0 Å². The molecule has 0 saturated carbocycles. The highest BCUT2D eigenvalue weighted by Gasteiger charge is 2.27. The van der Waals surface area contributed by atoms with Crippen molar-refractivity contribution >= 4 is 11.8 Å². The average Bonchev–Trinajstić information content (AvgIpc) is 2.89. The third-order valence-electron chi connectivity index (χ3n) is 3.97. The fourth-order valence-electron chi connectivity index (χ4n) is 2.59. The van der Waals surface area contributed by atoms with Crippen LogP contribution in [0.1, 0.15) is 45.4 Å². The van der Waals surface area contributed by atoms with Crippen LogP contribution < -0.4 is 0 Å². The molecule has 0 fully saturated rings. The molecule has 0 saturated heterocycles. The van der Waals surface area contributed by atoms with Crippen molar-refractivity contribution in [1.82, 2.24) is 0 Å². The molecule has 1 rings (SSSR count). The lowest BCUT2D eigenvalue weighted by Crippen LogP contribution is -2.14. The van der Waals surface area contributed by atoms with E-state index in [1.165, 1.54) is 0 Å². The van der Waals surface area contributed by atoms with Crippen molar-refractivity contribution in [3.05, 3.63) is 48.6 Å². The van der Waals surface area contributed by atoms with Gasteiger partial charge in [-0.25, -0.2) is 0 Å². The Labute approximate surface area is 144 Å². The van der Waals surface area contributed by atoms with Gasteiger partial charge >= 0.3 is 5.97 Å². The van der Waals surface area contributed by atoms with E-state index in [0.29, 0.717) is 25.7 Å². The number of allylic oxidation sites excluding steroid dienone is 6. The van der Waals surface area contributed by atoms with E-state index >= 15 is 0 Å². The van der Waals surface area contributed by atoms with Gasteiger partial charge < -0.3 is 10.2 Å². The normalized spacial score (nSPS) is 22.3. The van der Waals surface area contributed by atoms with Crippen molar-refractivity contribution in [2.24, 2.45) is 11.8 Å². The summed E-state index contributed by atoms with van der Waals surface area (Å²) >= 11 is 0. The molecule has 132 valence electrons. The molecule has 2 N–H and O–H groups in total. The summed E-state index contributed by atoms with van der Waals surface area (Å²) < 4.78 is 0. The Bertz CT molecular complexity index is 514. The van der Waals surface area contributed by atoms with Crippen LogP contribution in [0.4, 0.5) is 0 Å². The number of carbonyl (C=O) groups excluding carboxylic acids is 1. The summed E-state index contributed by atoms with van der Waals surface area (Å²) in [6.45, 7) is 2.05. The minimum Gasteiger partial charge on any atom is -0.481 e. The Morgan fingerprint density at radius 3 is 2.79 bits per heavy atom. The summed E-state index contributed by atoms with van der Waals surface area (Å²) in [5, 5.41) is 18.5. The maximum absolute atomic E-state index is 11.9. The van der Waals surface area contributed by atoms with Gasteiger partial charge in [-0.3, -0.25) is 9.59 Å². The van der Waals surface area contributed by atoms with Crippen molar-refractivity contribution in [2.45, 2.75) is 51.6 Å². The molecule has 1 aliphatic rings. The van der Waals surface area contributed by atoms with E-state index in [-0.39, 0.29) is 24.0 Å². The van der Waals surface area contributed by atoms with Gasteiger partial charge in [0.15, 0.2) is 5.78 Å². The fraction of sp³-hybridized carbons (Fsp3) is 0.500. The van der Waals surface area contributed by atoms with Crippen LogP contribution in [0.15, 0.2) is 48.6 Å². The first kappa shape index (κ1) is 20.1. The van der Waals surface area contributed by atoms with Crippen LogP contribution in [0.5, 0.6) is 0 Å². The molecular weight excluding hydrogens is 304 g/mol. The first-order chi connectivity index (χ1) is 11.5. The molecule has 24 heavy (non-hydrogen) atoms. The topological polar surface area (TPSA) is 74.6 Å². The van der Waals surface area contributed by atoms with Crippen LogP contribution in [0.2, 0.25) is 0 Å². The molecule has 0 aromatic carbocycles. The number of ketones is 1. The number of aliphatic hydroxyl groups is 1. The summed E-state index contributed by atoms with van der Waals surface area (Å²) in [5.74, 6) is -0.766. The second kappa shape index (κ2) is 11.6. The monoisotopic (exact) mass is 332 g/mol. The van der Waals surface area contributed by atoms with Gasteiger partial charge in [-0.2, -0.15) is 0 Å². The van der Waals surface area contributed by atoms with Gasteiger partial charge in [0.25, 0.3) is 0 Å². The summed E-state index contributed by atoms with van der Waals surface area (Å²) in [6.07, 6.45) is 18.2. The molecule has 0 aliphatic heterocycles. The van der Waals surface area contributed by atoms with Crippen LogP contribution in [0, 0.1) is 11.8 Å². The lowest BCUT2D eigenvalue weighted by Gasteiger charge is -2.13. The van der Waals surface area contributed by atoms with E-state index in [9.17, 15) is 14.7 Å². The summed E-state index contributed by atoms with van der Waals surface area (Å²) in [4.78, 5) is 22.4. The number of carbonyl (C=O) groups is 2. The molecule has 4 nitrogen and oxygen atoms in total. The molecule has 0 spiro atoms. The quantitative estimate of drug-likeness (QED) is 0.445. The number of aliphatic carboxylic acids is 1. The van der Waals surface area contributed by atoms with Gasteiger partial charge in [-0.05, 0) is 38.2 Å². The molecular formula is C20H28O4. The van der Waals surface area contributed by atoms with Crippen molar-refractivity contribution in [1.29, 1.82) is 0 Å². The van der Waals surface area contributed by atoms with Crippen LogP contribution in [0.25, 0.3) is 0 Å². The number of hydrogen-bond acceptors (Lipinski definition) is 3. The number of carboxylic acids is 1. The largest absolute Gasteiger partial charge is 0.481 e. The summed E-state index contributed by atoms with van der Waals surface area (Å²) in [7, 11) is 0. The van der Waals surface area contributed by atoms with E-state index in [2.05, 4.69) is 0 Å². The number of aliphatic hydroxyl groups excluding tert-OH is 1. The summed E-state index contributed by atoms with van der Waals surface area (Å²) in [6, 6.07) is 0. The minimum atomic E-state index is -0.781. The van der Waals surface area contributed by atoms with E-state index in [4.69, 9.17) is 5.11 Å². The number of hydrogen-bond donors (Lipinski definition) is 2. The Morgan fingerprint density at radius 2 is 2.08 bits per heavy atom. The molecule has 0 bridgehead atoms. The predicted octanol–water partition coefficient (Wildman–Crippen LogP) is 3.83. The fourth-order valence-corrected chi connectivity index (χ4v) is 2.59. The molecule has 0 aromatic heterocycles. The molecule has 0 amide bonds. The molecule has 3 atom stereocenters. The van der Waals surface area contributed by atoms with E-state index in [1.54, 1.807) is 12.2 Å². The first-order valence-corrected chi connectivity index (χ1v) is 8.64. The highest BCUT2D eigenvalue weighted by molar-refractivity contribution is 5.95. The maximum atomic E-state index is 11.9.